The fourth-order valence-corrected chi connectivity index (χ4v) is 6.72. The van der Waals surface area contributed by atoms with E-state index in [2.05, 4.69) is 19.9 Å². The van der Waals surface area contributed by atoms with Crippen LogP contribution in [0.1, 0.15) is 34.3 Å². The molecule has 2 fully saturated rings. The lowest BCUT2D eigenvalue weighted by Gasteiger charge is -2.40. The number of anilines is 1. The van der Waals surface area contributed by atoms with E-state index in [-0.39, 0.29) is 29.7 Å². The number of benzene rings is 2. The van der Waals surface area contributed by atoms with Crippen molar-refractivity contribution in [1.29, 1.82) is 0 Å². The smallest absolute Gasteiger partial charge is 0.387 e. The lowest BCUT2D eigenvalue weighted by molar-refractivity contribution is -0.0498. The predicted octanol–water partition coefficient (Wildman–Crippen LogP) is 4.97. The van der Waals surface area contributed by atoms with E-state index < -0.39 is 6.61 Å². The van der Waals surface area contributed by atoms with Crippen LogP contribution in [0.15, 0.2) is 70.9 Å². The maximum absolute atomic E-state index is 13.6. The van der Waals surface area contributed by atoms with Crippen molar-refractivity contribution in [3.05, 3.63) is 77.6 Å². The molecular formula is C36H43F2N7O4. The molecule has 0 aromatic heterocycles. The zero-order valence-electron chi connectivity index (χ0n) is 28.1. The minimum Gasteiger partial charge on any atom is -0.435 e. The summed E-state index contributed by atoms with van der Waals surface area (Å²) in [5.41, 5.74) is 4.88. The highest BCUT2D eigenvalue weighted by Crippen LogP contribution is 2.35. The number of nitrogens with zero attached hydrogens (tertiary/aromatic N) is 6. The van der Waals surface area contributed by atoms with Crippen LogP contribution in [0.5, 0.6) is 5.75 Å². The number of fused-ring (bicyclic) bond motifs is 1. The van der Waals surface area contributed by atoms with E-state index in [1.165, 1.54) is 12.1 Å². The van der Waals surface area contributed by atoms with Gasteiger partial charge < -0.3 is 34.4 Å². The molecule has 0 saturated carbocycles. The summed E-state index contributed by atoms with van der Waals surface area (Å²) in [5.74, 6) is 0.625. The number of hydrogen-bond acceptors (Lipinski definition) is 8. The molecule has 0 radical (unpaired) electrons. The summed E-state index contributed by atoms with van der Waals surface area (Å²) >= 11 is 0. The number of morpholine rings is 1. The number of carbonyl (C=O) groups is 2. The van der Waals surface area contributed by atoms with Crippen molar-refractivity contribution in [3.63, 3.8) is 0 Å². The summed E-state index contributed by atoms with van der Waals surface area (Å²) in [4.78, 5) is 43.8. The number of halogens is 2. The van der Waals surface area contributed by atoms with Gasteiger partial charge in [0.15, 0.2) is 5.84 Å². The first kappa shape index (κ1) is 34.3. The number of alkyl halides is 2. The number of carbonyl (C=O) groups excluding carboxylic acids is 2. The largest absolute Gasteiger partial charge is 0.435 e. The molecule has 0 bridgehead atoms. The molecule has 2 saturated heterocycles. The number of urea groups is 1. The Balaban J connectivity index is 1.06. The second-order valence-corrected chi connectivity index (χ2v) is 12.9. The molecule has 3 amide bonds. The standard InChI is InChI=1S/C36H43F2N7O4/c1-24-20-26(41-33-32-30(6-4-5-13-39-33)31(21-40-32)25-7-10-27(11-8-25)49-35(37)38)9-12-29(24)34(46)43-14-16-44(17-15-43)36(47)45-18-19-48-28(23-45)22-42(2)3/h5,7-13,20-21,28,30,35H,4,6,14-19,22-23H2,1-3H3,(H,39,41)/b13-5-. The monoisotopic (exact) mass is 675 g/mol. The third kappa shape index (κ3) is 8.16. The van der Waals surface area contributed by atoms with E-state index in [1.807, 2.05) is 66.2 Å². The third-order valence-electron chi connectivity index (χ3n) is 9.17. The molecule has 2 aromatic rings. The number of piperazine rings is 1. The van der Waals surface area contributed by atoms with Crippen molar-refractivity contribution in [2.45, 2.75) is 32.5 Å². The van der Waals surface area contributed by atoms with Crippen molar-refractivity contribution in [1.82, 2.24) is 19.6 Å². The highest BCUT2D eigenvalue weighted by Gasteiger charge is 2.32. The van der Waals surface area contributed by atoms with Crippen molar-refractivity contribution in [3.8, 4) is 5.75 Å². The van der Waals surface area contributed by atoms with Crippen LogP contribution < -0.4 is 10.1 Å². The van der Waals surface area contributed by atoms with Gasteiger partial charge >= 0.3 is 12.6 Å². The number of ether oxygens (including phenoxy) is 2. The summed E-state index contributed by atoms with van der Waals surface area (Å²) in [7, 11) is 3.99. The predicted molar refractivity (Wildman–Crippen MR) is 185 cm³/mol. The fourth-order valence-electron chi connectivity index (χ4n) is 6.72. The SMILES string of the molecule is Cc1cc(NC2=N/C=C\CCC3C(c4ccc(OC(F)F)cc4)=CN=C23)ccc1C(=O)N1CCN(C(=O)N2CCOC(CN(C)C)C2)CC1. The molecule has 2 unspecified atom stereocenters. The Kier molecular flexibility index (Phi) is 10.7. The molecular weight excluding hydrogens is 632 g/mol. The number of allylic oxidation sites excluding steroid dienone is 2. The van der Waals surface area contributed by atoms with Gasteiger partial charge in [0.1, 0.15) is 5.75 Å². The number of aryl methyl sites for hydroxylation is 1. The van der Waals surface area contributed by atoms with Gasteiger partial charge in [0, 0.05) is 75.4 Å². The van der Waals surface area contributed by atoms with Crippen LogP contribution in [-0.2, 0) is 4.74 Å². The number of aliphatic imine (C=N–C) groups is 2. The summed E-state index contributed by atoms with van der Waals surface area (Å²) in [6.07, 6.45) is 7.22. The van der Waals surface area contributed by atoms with E-state index >= 15 is 0 Å². The average Bonchev–Trinajstić information content (AvgIpc) is 3.48. The number of nitrogens with one attached hydrogen (secondary N) is 1. The second kappa shape index (κ2) is 15.3. The molecule has 6 rings (SSSR count). The lowest BCUT2D eigenvalue weighted by Crippen LogP contribution is -2.57. The molecule has 2 atom stereocenters. The maximum atomic E-state index is 13.6. The number of hydrogen-bond donors (Lipinski definition) is 1. The molecule has 4 heterocycles. The van der Waals surface area contributed by atoms with Crippen molar-refractivity contribution >= 4 is 34.7 Å². The summed E-state index contributed by atoms with van der Waals surface area (Å²) < 4.78 is 35.6. The van der Waals surface area contributed by atoms with Crippen molar-refractivity contribution < 1.29 is 27.8 Å². The zero-order valence-corrected chi connectivity index (χ0v) is 28.1. The summed E-state index contributed by atoms with van der Waals surface area (Å²) in [6, 6.07) is 12.2. The molecule has 11 nitrogen and oxygen atoms in total. The molecule has 49 heavy (non-hydrogen) atoms. The topological polar surface area (TPSA) is 102 Å². The minimum atomic E-state index is -2.88. The van der Waals surface area contributed by atoms with Crippen LogP contribution in [0.2, 0.25) is 0 Å². The zero-order chi connectivity index (χ0) is 34.5. The Morgan fingerprint density at radius 2 is 1.78 bits per heavy atom. The lowest BCUT2D eigenvalue weighted by atomic mass is 9.86. The van der Waals surface area contributed by atoms with Crippen molar-refractivity contribution in [2.24, 2.45) is 15.9 Å². The molecule has 4 aliphatic heterocycles. The maximum Gasteiger partial charge on any atom is 0.387 e. The van der Waals surface area contributed by atoms with Gasteiger partial charge in [-0.1, -0.05) is 18.2 Å². The molecule has 260 valence electrons. The van der Waals surface area contributed by atoms with E-state index in [4.69, 9.17) is 9.73 Å². The van der Waals surface area contributed by atoms with E-state index in [1.54, 1.807) is 18.3 Å². The number of amides is 3. The molecule has 1 N–H and O–H groups in total. The quantitative estimate of drug-likeness (QED) is 0.445. The van der Waals surface area contributed by atoms with Crippen LogP contribution >= 0.6 is 0 Å². The van der Waals surface area contributed by atoms with Gasteiger partial charge in [-0.2, -0.15) is 8.78 Å². The molecule has 2 aromatic carbocycles. The summed E-state index contributed by atoms with van der Waals surface area (Å²) in [6.45, 7) is 3.38. The van der Waals surface area contributed by atoms with Gasteiger partial charge in [-0.15, -0.1) is 0 Å². The Morgan fingerprint density at radius 3 is 2.49 bits per heavy atom. The van der Waals surface area contributed by atoms with Crippen LogP contribution in [0, 0.1) is 12.8 Å². The molecule has 0 aliphatic carbocycles. The fraction of sp³-hybridized carbons (Fsp3) is 0.444. The minimum absolute atomic E-state index is 0.00381. The van der Waals surface area contributed by atoms with E-state index in [0.29, 0.717) is 57.3 Å². The normalized spacial score (nSPS) is 21.8. The first-order chi connectivity index (χ1) is 23.7. The van der Waals surface area contributed by atoms with Crippen LogP contribution in [0.25, 0.3) is 5.57 Å². The van der Waals surface area contributed by atoms with Crippen LogP contribution in [0.4, 0.5) is 19.3 Å². The molecule has 0 spiro atoms. The Bertz CT molecular complexity index is 1650. The van der Waals surface area contributed by atoms with Crippen molar-refractivity contribution in [2.75, 3.05) is 71.8 Å². The van der Waals surface area contributed by atoms with Gasteiger partial charge in [-0.25, -0.2) is 9.79 Å². The third-order valence-corrected chi connectivity index (χ3v) is 9.17. The second-order valence-electron chi connectivity index (χ2n) is 12.9. The van der Waals surface area contributed by atoms with Gasteiger partial charge in [0.2, 0.25) is 0 Å². The Hall–Kier alpha value is -4.62. The average molecular weight is 676 g/mol. The van der Waals surface area contributed by atoms with Crippen LogP contribution in [0.3, 0.4) is 0 Å². The van der Waals surface area contributed by atoms with E-state index in [9.17, 15) is 18.4 Å². The number of rotatable bonds is 7. The number of amidine groups is 1. The molecule has 4 aliphatic rings. The van der Waals surface area contributed by atoms with Crippen LogP contribution in [-0.4, -0.2) is 122 Å². The van der Waals surface area contributed by atoms with E-state index in [0.717, 1.165) is 47.5 Å². The van der Waals surface area contributed by atoms with Gasteiger partial charge in [-0.05, 0) is 80.9 Å². The Morgan fingerprint density at radius 1 is 1.02 bits per heavy atom. The first-order valence-electron chi connectivity index (χ1n) is 16.7. The number of likely N-dealkylation sites (N-methyl/N-ethyl adjacent to an activating group) is 1. The van der Waals surface area contributed by atoms with Gasteiger partial charge in [0.25, 0.3) is 5.91 Å². The van der Waals surface area contributed by atoms with Gasteiger partial charge in [0.05, 0.1) is 18.4 Å². The molecule has 13 heteroatoms. The Labute approximate surface area is 285 Å². The first-order valence-corrected chi connectivity index (χ1v) is 16.7. The van der Waals surface area contributed by atoms with Gasteiger partial charge in [-0.3, -0.25) is 9.79 Å². The highest BCUT2D eigenvalue weighted by molar-refractivity contribution is 6.48. The summed E-state index contributed by atoms with van der Waals surface area (Å²) in [5, 5.41) is 3.42. The highest BCUT2D eigenvalue weighted by atomic mass is 19.3.